The second kappa shape index (κ2) is 8.66. The van der Waals surface area contributed by atoms with Crippen molar-refractivity contribution in [1.29, 1.82) is 0 Å². The smallest absolute Gasteiger partial charge is 0.242 e. The summed E-state index contributed by atoms with van der Waals surface area (Å²) < 4.78 is 35.7. The number of benzene rings is 2. The van der Waals surface area contributed by atoms with Gasteiger partial charge in [-0.15, -0.1) is 11.3 Å². The van der Waals surface area contributed by atoms with Crippen molar-refractivity contribution in [3.8, 4) is 27.7 Å². The monoisotopic (exact) mass is 453 g/mol. The highest BCUT2D eigenvalue weighted by Crippen LogP contribution is 2.32. The summed E-state index contributed by atoms with van der Waals surface area (Å²) >= 11 is 1.50. The first-order valence-electron chi connectivity index (χ1n) is 9.69. The van der Waals surface area contributed by atoms with Crippen LogP contribution in [-0.4, -0.2) is 25.1 Å². The molecule has 0 spiro atoms. The van der Waals surface area contributed by atoms with Crippen LogP contribution < -0.4 is 9.46 Å². The van der Waals surface area contributed by atoms with E-state index in [-0.39, 0.29) is 11.4 Å². The number of sulfonamides is 1. The Balaban J connectivity index is 1.58. The van der Waals surface area contributed by atoms with Gasteiger partial charge in [0.25, 0.3) is 0 Å². The van der Waals surface area contributed by atoms with Crippen LogP contribution in [0.5, 0.6) is 5.75 Å². The lowest BCUT2D eigenvalue weighted by Crippen LogP contribution is -2.23. The van der Waals surface area contributed by atoms with Crippen molar-refractivity contribution in [2.24, 2.45) is 7.05 Å². The molecule has 4 rings (SSSR count). The van der Waals surface area contributed by atoms with Crippen LogP contribution in [0.4, 0.5) is 0 Å². The molecule has 4 aromatic rings. The molecule has 0 unspecified atom stereocenters. The molecule has 2 aromatic heterocycles. The van der Waals surface area contributed by atoms with Gasteiger partial charge in [-0.2, -0.15) is 0 Å². The number of hydrogen-bond donors (Lipinski definition) is 1. The van der Waals surface area contributed by atoms with Gasteiger partial charge in [0.1, 0.15) is 15.7 Å². The van der Waals surface area contributed by atoms with E-state index in [2.05, 4.69) is 4.72 Å². The van der Waals surface area contributed by atoms with Crippen molar-refractivity contribution in [1.82, 2.24) is 14.3 Å². The molecule has 0 fully saturated rings. The van der Waals surface area contributed by atoms with Gasteiger partial charge in [-0.05, 0) is 30.7 Å². The van der Waals surface area contributed by atoms with Crippen molar-refractivity contribution < 1.29 is 13.2 Å². The van der Waals surface area contributed by atoms with E-state index in [1.807, 2.05) is 71.6 Å². The Morgan fingerprint density at radius 2 is 1.81 bits per heavy atom. The first-order chi connectivity index (χ1) is 14.9. The maximum Gasteiger partial charge on any atom is 0.242 e. The van der Waals surface area contributed by atoms with Crippen LogP contribution in [-0.2, 0) is 23.6 Å². The number of ether oxygens (including phenoxy) is 1. The zero-order valence-electron chi connectivity index (χ0n) is 17.5. The second-order valence-electron chi connectivity index (χ2n) is 7.11. The van der Waals surface area contributed by atoms with E-state index in [4.69, 9.17) is 9.72 Å². The molecule has 0 aliphatic rings. The molecule has 0 aliphatic carbocycles. The molecule has 0 saturated heterocycles. The summed E-state index contributed by atoms with van der Waals surface area (Å²) in [6, 6.07) is 18.9. The van der Waals surface area contributed by atoms with Gasteiger partial charge in [0.05, 0.1) is 18.5 Å². The molecule has 6 nitrogen and oxygen atoms in total. The average Bonchev–Trinajstić information content (AvgIpc) is 3.39. The SMILES string of the molecule is COc1ccc(CNS(=O)(=O)c2cc(-c3nc(-c4ccccc4)cs3)n(C)c2C)cc1. The lowest BCUT2D eigenvalue weighted by atomic mass is 10.2. The van der Waals surface area contributed by atoms with Gasteiger partial charge in [0, 0.05) is 30.2 Å². The van der Waals surface area contributed by atoms with Crippen molar-refractivity contribution in [2.45, 2.75) is 18.4 Å². The third-order valence-electron chi connectivity index (χ3n) is 5.20. The minimum atomic E-state index is -3.69. The summed E-state index contributed by atoms with van der Waals surface area (Å²) in [5.74, 6) is 0.730. The Hall–Kier alpha value is -2.94. The minimum absolute atomic E-state index is 0.200. The summed E-state index contributed by atoms with van der Waals surface area (Å²) in [5, 5.41) is 2.77. The van der Waals surface area contributed by atoms with Gasteiger partial charge < -0.3 is 9.30 Å². The minimum Gasteiger partial charge on any atom is -0.497 e. The third-order valence-corrected chi connectivity index (χ3v) is 7.58. The highest BCUT2D eigenvalue weighted by molar-refractivity contribution is 7.89. The predicted octanol–water partition coefficient (Wildman–Crippen LogP) is 4.61. The largest absolute Gasteiger partial charge is 0.497 e. The molecule has 0 amide bonds. The maximum absolute atomic E-state index is 13.0. The molecule has 2 aromatic carbocycles. The maximum atomic E-state index is 13.0. The van der Waals surface area contributed by atoms with Crippen molar-refractivity contribution >= 4 is 21.4 Å². The van der Waals surface area contributed by atoms with Crippen LogP contribution in [0, 0.1) is 6.92 Å². The Morgan fingerprint density at radius 3 is 2.48 bits per heavy atom. The number of nitrogens with zero attached hydrogens (tertiary/aromatic N) is 2. The number of hydrogen-bond acceptors (Lipinski definition) is 5. The normalized spacial score (nSPS) is 11.6. The molecule has 0 aliphatic heterocycles. The van der Waals surface area contributed by atoms with Crippen LogP contribution in [0.2, 0.25) is 0 Å². The number of nitrogens with one attached hydrogen (secondary N) is 1. The first kappa shape index (κ1) is 21.3. The summed E-state index contributed by atoms with van der Waals surface area (Å²) in [4.78, 5) is 4.99. The summed E-state index contributed by atoms with van der Waals surface area (Å²) in [6.45, 7) is 2.00. The number of aromatic nitrogens is 2. The van der Waals surface area contributed by atoms with Crippen molar-refractivity contribution in [3.05, 3.63) is 77.3 Å². The molecular weight excluding hydrogens is 430 g/mol. The standard InChI is InChI=1S/C23H23N3O3S2/c1-16-22(31(27,28)24-14-17-9-11-19(29-3)12-10-17)13-21(26(16)2)23-25-20(15-30-23)18-7-5-4-6-8-18/h4-13,15,24H,14H2,1-3H3. The Morgan fingerprint density at radius 1 is 1.10 bits per heavy atom. The highest BCUT2D eigenvalue weighted by Gasteiger charge is 2.23. The van der Waals surface area contributed by atoms with Gasteiger partial charge in [0.15, 0.2) is 0 Å². The summed E-state index contributed by atoms with van der Waals surface area (Å²) in [5.41, 5.74) is 4.19. The van der Waals surface area contributed by atoms with E-state index in [0.29, 0.717) is 5.69 Å². The molecule has 0 bridgehead atoms. The number of thiazole rings is 1. The van der Waals surface area contributed by atoms with Crippen molar-refractivity contribution in [2.75, 3.05) is 7.11 Å². The van der Waals surface area contributed by atoms with Gasteiger partial charge in [-0.1, -0.05) is 42.5 Å². The molecule has 0 saturated carbocycles. The van der Waals surface area contributed by atoms with E-state index in [1.165, 1.54) is 11.3 Å². The van der Waals surface area contributed by atoms with Crippen LogP contribution >= 0.6 is 11.3 Å². The Labute approximate surface area is 186 Å². The second-order valence-corrected chi connectivity index (χ2v) is 9.71. The third kappa shape index (κ3) is 4.41. The highest BCUT2D eigenvalue weighted by atomic mass is 32.2. The molecular formula is C23H23N3O3S2. The van der Waals surface area contributed by atoms with E-state index < -0.39 is 10.0 Å². The molecule has 160 valence electrons. The lowest BCUT2D eigenvalue weighted by Gasteiger charge is -2.08. The Kier molecular flexibility index (Phi) is 5.95. The molecule has 1 N–H and O–H groups in total. The fourth-order valence-corrected chi connectivity index (χ4v) is 5.47. The lowest BCUT2D eigenvalue weighted by molar-refractivity contribution is 0.414. The number of rotatable bonds is 7. The molecule has 31 heavy (non-hydrogen) atoms. The van der Waals surface area contributed by atoms with Gasteiger partial charge in [-0.3, -0.25) is 0 Å². The average molecular weight is 454 g/mol. The van der Waals surface area contributed by atoms with E-state index in [9.17, 15) is 8.42 Å². The molecule has 0 atom stereocenters. The van der Waals surface area contributed by atoms with E-state index >= 15 is 0 Å². The quantitative estimate of drug-likeness (QED) is 0.443. The van der Waals surface area contributed by atoms with E-state index in [1.54, 1.807) is 20.1 Å². The van der Waals surface area contributed by atoms with Crippen LogP contribution in [0.15, 0.2) is 70.9 Å². The predicted molar refractivity (Wildman–Crippen MR) is 124 cm³/mol. The number of methoxy groups -OCH3 is 1. The Bertz CT molecular complexity index is 1290. The van der Waals surface area contributed by atoms with E-state index in [0.717, 1.165) is 33.3 Å². The topological polar surface area (TPSA) is 73.2 Å². The fourth-order valence-electron chi connectivity index (χ4n) is 3.28. The zero-order valence-corrected chi connectivity index (χ0v) is 19.1. The zero-order chi connectivity index (χ0) is 22.0. The molecule has 0 radical (unpaired) electrons. The van der Waals surface area contributed by atoms with Gasteiger partial charge >= 0.3 is 0 Å². The summed E-state index contributed by atoms with van der Waals surface area (Å²) in [6.07, 6.45) is 0. The van der Waals surface area contributed by atoms with Gasteiger partial charge in [-0.25, -0.2) is 18.1 Å². The fraction of sp³-hybridized carbons (Fsp3) is 0.174. The first-order valence-corrected chi connectivity index (χ1v) is 12.1. The molecule has 8 heteroatoms. The van der Waals surface area contributed by atoms with Crippen molar-refractivity contribution in [3.63, 3.8) is 0 Å². The van der Waals surface area contributed by atoms with Crippen LogP contribution in [0.3, 0.4) is 0 Å². The van der Waals surface area contributed by atoms with Crippen LogP contribution in [0.25, 0.3) is 22.0 Å². The molecule has 2 heterocycles. The summed E-state index contributed by atoms with van der Waals surface area (Å²) in [7, 11) is -0.231. The van der Waals surface area contributed by atoms with Gasteiger partial charge in [0.2, 0.25) is 10.0 Å². The van der Waals surface area contributed by atoms with Crippen LogP contribution in [0.1, 0.15) is 11.3 Å².